The Balaban J connectivity index is 1.78. The van der Waals surface area contributed by atoms with Gasteiger partial charge in [-0.2, -0.15) is 0 Å². The van der Waals surface area contributed by atoms with Crippen molar-refractivity contribution < 1.29 is 19.7 Å². The SMILES string of the molecule is O=C1OC2(O)[C@H]3[C@@H]4C[C@@H]5[C@@H]6[C@H]4[C@H]2[C@@H]6C1(O)[C@H]53. The third-order valence-corrected chi connectivity index (χ3v) is 7.06. The standard InChI is InChI=1S/C12H12O4/c13-10-11(14)6-2-1-3-5-4(2)8(11)9(5)12(15,16-10)7(3)6/h2-9,14-15H,1H2/t2-,3-,4-,5+,6-,7+,8-,9+,11?,12?/m1/s1. The van der Waals surface area contributed by atoms with Crippen LogP contribution in [0.5, 0.6) is 0 Å². The van der Waals surface area contributed by atoms with E-state index in [4.69, 9.17) is 4.74 Å². The maximum atomic E-state index is 11.9. The lowest BCUT2D eigenvalue weighted by Gasteiger charge is -2.59. The third-order valence-electron chi connectivity index (χ3n) is 7.06. The Kier molecular flexibility index (Phi) is 0.758. The second kappa shape index (κ2) is 1.58. The first kappa shape index (κ1) is 7.67. The number of carbonyl (C=O) groups excluding carboxylic acids is 1. The van der Waals surface area contributed by atoms with Gasteiger partial charge in [-0.25, -0.2) is 4.79 Å². The van der Waals surface area contributed by atoms with Crippen molar-refractivity contribution in [2.75, 3.05) is 0 Å². The van der Waals surface area contributed by atoms with E-state index < -0.39 is 17.4 Å². The van der Waals surface area contributed by atoms with Crippen molar-refractivity contribution in [3.8, 4) is 0 Å². The molecule has 0 amide bonds. The van der Waals surface area contributed by atoms with Crippen LogP contribution >= 0.6 is 0 Å². The molecule has 2 heterocycles. The molecule has 16 heavy (non-hydrogen) atoms. The fourth-order valence-electron chi connectivity index (χ4n) is 7.20. The molecule has 7 rings (SSSR count). The highest BCUT2D eigenvalue weighted by Crippen LogP contribution is 2.89. The highest BCUT2D eigenvalue weighted by atomic mass is 16.7. The average molecular weight is 220 g/mol. The van der Waals surface area contributed by atoms with Crippen molar-refractivity contribution in [2.24, 2.45) is 47.3 Å². The van der Waals surface area contributed by atoms with Crippen LogP contribution in [-0.4, -0.2) is 27.6 Å². The minimum absolute atomic E-state index is 0.00810. The molecule has 0 spiro atoms. The summed E-state index contributed by atoms with van der Waals surface area (Å²) in [6.07, 6.45) is 1.11. The van der Waals surface area contributed by atoms with Crippen molar-refractivity contribution in [2.45, 2.75) is 17.8 Å². The summed E-state index contributed by atoms with van der Waals surface area (Å²) in [5, 5.41) is 21.4. The molecule has 84 valence electrons. The van der Waals surface area contributed by atoms with E-state index in [9.17, 15) is 15.0 Å². The molecule has 2 saturated heterocycles. The van der Waals surface area contributed by atoms with Gasteiger partial charge in [0.25, 0.3) is 0 Å². The number of rotatable bonds is 0. The first-order chi connectivity index (χ1) is 7.60. The lowest BCUT2D eigenvalue weighted by molar-refractivity contribution is -0.350. The van der Waals surface area contributed by atoms with Crippen molar-refractivity contribution in [3.63, 3.8) is 0 Å². The second-order valence-electron chi connectivity index (χ2n) is 6.79. The van der Waals surface area contributed by atoms with Crippen LogP contribution in [0.3, 0.4) is 0 Å². The van der Waals surface area contributed by atoms with Crippen LogP contribution in [0.25, 0.3) is 0 Å². The van der Waals surface area contributed by atoms with Crippen LogP contribution < -0.4 is 0 Å². The predicted octanol–water partition coefficient (Wildman–Crippen LogP) is -0.649. The van der Waals surface area contributed by atoms with Crippen molar-refractivity contribution in [1.82, 2.24) is 0 Å². The molecule has 7 aliphatic rings. The summed E-state index contributed by atoms with van der Waals surface area (Å²) >= 11 is 0. The topological polar surface area (TPSA) is 66.8 Å². The Morgan fingerprint density at radius 3 is 2.56 bits per heavy atom. The number of hydrogen-bond donors (Lipinski definition) is 2. The largest absolute Gasteiger partial charge is 0.430 e. The van der Waals surface area contributed by atoms with Gasteiger partial charge in [-0.3, -0.25) is 0 Å². The molecule has 0 aromatic rings. The summed E-state index contributed by atoms with van der Waals surface area (Å²) < 4.78 is 5.22. The van der Waals surface area contributed by atoms with Gasteiger partial charge in [-0.15, -0.1) is 0 Å². The number of hydrogen-bond acceptors (Lipinski definition) is 4. The minimum Gasteiger partial charge on any atom is -0.430 e. The van der Waals surface area contributed by atoms with E-state index >= 15 is 0 Å². The fraction of sp³-hybridized carbons (Fsp3) is 0.917. The normalized spacial score (nSPS) is 83.2. The summed E-state index contributed by atoms with van der Waals surface area (Å²) in [6, 6.07) is 0. The Bertz CT molecular complexity index is 489. The van der Waals surface area contributed by atoms with Crippen LogP contribution in [0, 0.1) is 47.3 Å². The van der Waals surface area contributed by atoms with E-state index in [1.165, 1.54) is 0 Å². The zero-order valence-electron chi connectivity index (χ0n) is 8.54. The molecule has 4 bridgehead atoms. The summed E-state index contributed by atoms with van der Waals surface area (Å²) in [4.78, 5) is 11.9. The van der Waals surface area contributed by atoms with Gasteiger partial charge in [0.05, 0.1) is 0 Å². The molecule has 5 aliphatic carbocycles. The van der Waals surface area contributed by atoms with Gasteiger partial charge in [0.2, 0.25) is 5.79 Å². The zero-order valence-corrected chi connectivity index (χ0v) is 8.54. The van der Waals surface area contributed by atoms with Gasteiger partial charge in [-0.1, -0.05) is 0 Å². The van der Waals surface area contributed by atoms with Crippen LogP contribution in [0.15, 0.2) is 0 Å². The maximum Gasteiger partial charge on any atom is 0.341 e. The average Bonchev–Trinajstić information content (AvgIpc) is 2.66. The van der Waals surface area contributed by atoms with Gasteiger partial charge < -0.3 is 14.9 Å². The molecule has 2 unspecified atom stereocenters. The summed E-state index contributed by atoms with van der Waals surface area (Å²) in [6.45, 7) is 0. The maximum absolute atomic E-state index is 11.9. The van der Waals surface area contributed by atoms with Crippen molar-refractivity contribution in [1.29, 1.82) is 0 Å². The van der Waals surface area contributed by atoms with E-state index in [2.05, 4.69) is 0 Å². The zero-order chi connectivity index (χ0) is 10.6. The molecule has 0 aromatic heterocycles. The minimum atomic E-state index is -1.23. The van der Waals surface area contributed by atoms with E-state index in [-0.39, 0.29) is 23.7 Å². The molecule has 7 fully saturated rings. The van der Waals surface area contributed by atoms with E-state index in [0.717, 1.165) is 6.42 Å². The number of aliphatic hydroxyl groups is 2. The summed E-state index contributed by atoms with van der Waals surface area (Å²) in [5.41, 5.74) is -1.23. The van der Waals surface area contributed by atoms with Gasteiger partial charge in [0.1, 0.15) is 0 Å². The smallest absolute Gasteiger partial charge is 0.341 e. The molecule has 5 saturated carbocycles. The van der Waals surface area contributed by atoms with Crippen LogP contribution in [0.4, 0.5) is 0 Å². The summed E-state index contributed by atoms with van der Waals surface area (Å²) in [5.74, 6) is 0.466. The van der Waals surface area contributed by atoms with E-state index in [1.807, 2.05) is 0 Å². The lowest BCUT2D eigenvalue weighted by atomic mass is 9.53. The van der Waals surface area contributed by atoms with Crippen LogP contribution in [-0.2, 0) is 9.53 Å². The summed E-state index contributed by atoms with van der Waals surface area (Å²) in [7, 11) is 0. The molecular weight excluding hydrogens is 208 g/mol. The lowest BCUT2D eigenvalue weighted by Crippen LogP contribution is -2.74. The monoisotopic (exact) mass is 220 g/mol. The Hall–Kier alpha value is -0.610. The van der Waals surface area contributed by atoms with Gasteiger partial charge in [0.15, 0.2) is 5.60 Å². The number of ether oxygens (including phenoxy) is 1. The highest BCUT2D eigenvalue weighted by molar-refractivity contribution is 5.85. The van der Waals surface area contributed by atoms with Gasteiger partial charge >= 0.3 is 5.97 Å². The predicted molar refractivity (Wildman–Crippen MR) is 48.5 cm³/mol. The third kappa shape index (κ3) is 0.371. The van der Waals surface area contributed by atoms with Crippen molar-refractivity contribution >= 4 is 5.97 Å². The fourth-order valence-corrected chi connectivity index (χ4v) is 7.20. The first-order valence-electron chi connectivity index (χ1n) is 6.28. The number of esters is 1. The molecule has 4 heteroatoms. The molecule has 0 radical (unpaired) electrons. The van der Waals surface area contributed by atoms with Gasteiger partial charge in [-0.05, 0) is 30.1 Å². The number of fused-ring (bicyclic) bond motifs is 1. The molecule has 10 atom stereocenters. The van der Waals surface area contributed by atoms with E-state index in [1.54, 1.807) is 0 Å². The molecule has 0 aromatic carbocycles. The Morgan fingerprint density at radius 2 is 1.75 bits per heavy atom. The van der Waals surface area contributed by atoms with Crippen LogP contribution in [0.2, 0.25) is 0 Å². The van der Waals surface area contributed by atoms with Gasteiger partial charge in [0, 0.05) is 23.7 Å². The van der Waals surface area contributed by atoms with Crippen molar-refractivity contribution in [3.05, 3.63) is 0 Å². The molecule has 2 N–H and O–H groups in total. The second-order valence-corrected chi connectivity index (χ2v) is 6.79. The number of carbonyl (C=O) groups is 1. The van der Waals surface area contributed by atoms with E-state index in [0.29, 0.717) is 23.7 Å². The quantitative estimate of drug-likeness (QED) is 0.532. The highest BCUT2D eigenvalue weighted by Gasteiger charge is 2.96. The molecule has 4 nitrogen and oxygen atoms in total. The molecular formula is C12H12O4. The molecule has 2 aliphatic heterocycles. The Morgan fingerprint density at radius 1 is 1.06 bits per heavy atom. The van der Waals surface area contributed by atoms with Crippen LogP contribution in [0.1, 0.15) is 6.42 Å². The first-order valence-corrected chi connectivity index (χ1v) is 6.28. The Labute approximate surface area is 91.6 Å².